The molecular weight excluding hydrogens is 262 g/mol. The molecule has 0 aliphatic carbocycles. The van der Waals surface area contributed by atoms with Crippen LogP contribution in [0.25, 0.3) is 0 Å². The molecule has 1 aliphatic heterocycles. The molecule has 9 heteroatoms. The minimum Gasteiger partial charge on any atom is -0.394 e. The van der Waals surface area contributed by atoms with Gasteiger partial charge in [-0.3, -0.25) is 4.79 Å². The van der Waals surface area contributed by atoms with Crippen LogP contribution >= 0.6 is 0 Å². The van der Waals surface area contributed by atoms with E-state index in [1.54, 1.807) is 0 Å². The smallest absolute Gasteiger partial charge is 0.245 e. The molecule has 19 heavy (non-hydrogen) atoms. The summed E-state index contributed by atoms with van der Waals surface area (Å²) < 4.78 is 10.0. The van der Waals surface area contributed by atoms with Crippen molar-refractivity contribution in [1.29, 1.82) is 0 Å². The molecule has 112 valence electrons. The van der Waals surface area contributed by atoms with E-state index in [0.717, 1.165) is 0 Å². The SMILES string of the molecule is CC(CC(N)=O)O[C@@H]1OC(CO)[C@@H](O)[C@H](O)C1(O)O. The van der Waals surface area contributed by atoms with Crippen molar-refractivity contribution in [3.05, 3.63) is 0 Å². The third-order valence-corrected chi connectivity index (χ3v) is 2.81. The second-order valence-electron chi connectivity index (χ2n) is 4.52. The first kappa shape index (κ1) is 16.2. The number of primary amides is 1. The van der Waals surface area contributed by atoms with E-state index in [1.807, 2.05) is 0 Å². The lowest BCUT2D eigenvalue weighted by Crippen LogP contribution is -2.67. The number of hydrogen-bond acceptors (Lipinski definition) is 8. The molecule has 0 aromatic rings. The molecule has 0 aromatic carbocycles. The Hall–Kier alpha value is -0.810. The van der Waals surface area contributed by atoms with E-state index < -0.39 is 49.0 Å². The summed E-state index contributed by atoms with van der Waals surface area (Å²) in [6.07, 6.45) is -7.66. The number of hydrogen-bond donors (Lipinski definition) is 6. The zero-order valence-corrected chi connectivity index (χ0v) is 10.3. The van der Waals surface area contributed by atoms with E-state index >= 15 is 0 Å². The molecule has 5 atom stereocenters. The van der Waals surface area contributed by atoms with Crippen molar-refractivity contribution in [3.8, 4) is 0 Å². The lowest BCUT2D eigenvalue weighted by molar-refractivity contribution is -0.409. The summed E-state index contributed by atoms with van der Waals surface area (Å²) in [7, 11) is 0. The summed E-state index contributed by atoms with van der Waals surface area (Å²) in [4.78, 5) is 10.7. The van der Waals surface area contributed by atoms with Gasteiger partial charge >= 0.3 is 0 Å². The topological polar surface area (TPSA) is 163 Å². The Bertz CT molecular complexity index is 323. The maximum absolute atomic E-state index is 10.7. The first-order valence-corrected chi connectivity index (χ1v) is 5.71. The normalized spacial score (nSPS) is 35.9. The molecule has 0 bridgehead atoms. The van der Waals surface area contributed by atoms with E-state index in [2.05, 4.69) is 0 Å². The van der Waals surface area contributed by atoms with Gasteiger partial charge in [-0.1, -0.05) is 0 Å². The Morgan fingerprint density at radius 3 is 2.53 bits per heavy atom. The third-order valence-electron chi connectivity index (χ3n) is 2.81. The monoisotopic (exact) mass is 281 g/mol. The van der Waals surface area contributed by atoms with E-state index in [1.165, 1.54) is 6.92 Å². The molecule has 0 spiro atoms. The number of rotatable bonds is 5. The molecule has 2 unspecified atom stereocenters. The fourth-order valence-corrected chi connectivity index (χ4v) is 1.76. The van der Waals surface area contributed by atoms with Gasteiger partial charge < -0.3 is 40.7 Å². The molecule has 0 radical (unpaired) electrons. The van der Waals surface area contributed by atoms with Crippen molar-refractivity contribution in [2.24, 2.45) is 5.73 Å². The maximum atomic E-state index is 10.7. The molecule has 0 aromatic heterocycles. The van der Waals surface area contributed by atoms with E-state index in [-0.39, 0.29) is 6.42 Å². The number of ether oxygens (including phenoxy) is 2. The molecule has 1 aliphatic rings. The van der Waals surface area contributed by atoms with Gasteiger partial charge in [0.05, 0.1) is 19.1 Å². The highest BCUT2D eigenvalue weighted by molar-refractivity contribution is 5.74. The van der Waals surface area contributed by atoms with Crippen LogP contribution in [0.2, 0.25) is 0 Å². The molecule has 1 saturated heterocycles. The van der Waals surface area contributed by atoms with E-state index in [0.29, 0.717) is 0 Å². The van der Waals surface area contributed by atoms with Gasteiger partial charge in [0.1, 0.15) is 18.3 Å². The Morgan fingerprint density at radius 1 is 1.47 bits per heavy atom. The highest BCUT2D eigenvalue weighted by atomic mass is 16.7. The zero-order chi connectivity index (χ0) is 14.8. The molecule has 1 amide bonds. The fraction of sp³-hybridized carbons (Fsp3) is 0.900. The fourth-order valence-electron chi connectivity index (χ4n) is 1.76. The average Bonchev–Trinajstić information content (AvgIpc) is 2.29. The minimum atomic E-state index is -2.88. The lowest BCUT2D eigenvalue weighted by Gasteiger charge is -2.45. The lowest BCUT2D eigenvalue weighted by atomic mass is 9.96. The molecule has 1 heterocycles. The Balaban J connectivity index is 2.77. The number of aliphatic hydroxyl groups excluding tert-OH is 3. The Labute approximate surface area is 109 Å². The summed E-state index contributed by atoms with van der Waals surface area (Å²) in [5, 5.41) is 47.3. The van der Waals surface area contributed by atoms with Gasteiger partial charge in [0.2, 0.25) is 18.0 Å². The molecular formula is C10H19NO8. The Kier molecular flexibility index (Phi) is 5.21. The zero-order valence-electron chi connectivity index (χ0n) is 10.3. The van der Waals surface area contributed by atoms with Crippen molar-refractivity contribution < 1.29 is 39.8 Å². The van der Waals surface area contributed by atoms with Crippen molar-refractivity contribution in [2.45, 2.75) is 49.8 Å². The van der Waals surface area contributed by atoms with Crippen molar-refractivity contribution in [1.82, 2.24) is 0 Å². The summed E-state index contributed by atoms with van der Waals surface area (Å²) in [6, 6.07) is 0. The highest BCUT2D eigenvalue weighted by Gasteiger charge is 2.55. The average molecular weight is 281 g/mol. The summed E-state index contributed by atoms with van der Waals surface area (Å²) in [5.74, 6) is -3.54. The van der Waals surface area contributed by atoms with Crippen molar-refractivity contribution in [3.63, 3.8) is 0 Å². The first-order valence-electron chi connectivity index (χ1n) is 5.71. The van der Waals surface area contributed by atoms with Gasteiger partial charge in [-0.25, -0.2) is 0 Å². The predicted molar refractivity (Wildman–Crippen MR) is 59.3 cm³/mol. The van der Waals surface area contributed by atoms with E-state index in [9.17, 15) is 25.2 Å². The van der Waals surface area contributed by atoms with Gasteiger partial charge in [-0.2, -0.15) is 0 Å². The molecule has 9 nitrogen and oxygen atoms in total. The quantitative estimate of drug-likeness (QED) is 0.281. The Morgan fingerprint density at radius 2 is 2.05 bits per heavy atom. The van der Waals surface area contributed by atoms with Gasteiger partial charge in [0, 0.05) is 0 Å². The van der Waals surface area contributed by atoms with Gasteiger partial charge in [-0.15, -0.1) is 0 Å². The number of aliphatic hydroxyl groups is 5. The molecule has 1 fully saturated rings. The van der Waals surface area contributed by atoms with Crippen LogP contribution in [-0.2, 0) is 14.3 Å². The maximum Gasteiger partial charge on any atom is 0.245 e. The minimum absolute atomic E-state index is 0.196. The van der Waals surface area contributed by atoms with Crippen molar-refractivity contribution >= 4 is 5.91 Å². The number of amides is 1. The number of carbonyl (C=O) groups is 1. The van der Waals surface area contributed by atoms with Crippen LogP contribution in [0.5, 0.6) is 0 Å². The number of carbonyl (C=O) groups excluding carboxylic acids is 1. The van der Waals surface area contributed by atoms with Crippen LogP contribution in [0.1, 0.15) is 13.3 Å². The molecule has 1 rings (SSSR count). The van der Waals surface area contributed by atoms with Crippen LogP contribution in [0.15, 0.2) is 0 Å². The summed E-state index contributed by atoms with van der Waals surface area (Å²) in [5.41, 5.74) is 4.95. The summed E-state index contributed by atoms with van der Waals surface area (Å²) >= 11 is 0. The largest absolute Gasteiger partial charge is 0.394 e. The predicted octanol–water partition coefficient (Wildman–Crippen LogP) is -3.61. The summed E-state index contributed by atoms with van der Waals surface area (Å²) in [6.45, 7) is 0.786. The number of nitrogens with two attached hydrogens (primary N) is 1. The first-order chi connectivity index (χ1) is 8.70. The molecule has 0 saturated carbocycles. The van der Waals surface area contributed by atoms with E-state index in [4.69, 9.17) is 20.3 Å². The van der Waals surface area contributed by atoms with Crippen LogP contribution in [0.3, 0.4) is 0 Å². The van der Waals surface area contributed by atoms with Crippen LogP contribution in [0, 0.1) is 0 Å². The van der Waals surface area contributed by atoms with Crippen molar-refractivity contribution in [2.75, 3.05) is 6.61 Å². The highest BCUT2D eigenvalue weighted by Crippen LogP contribution is 2.29. The second-order valence-corrected chi connectivity index (χ2v) is 4.52. The standard InChI is InChI=1S/C10H19NO8/c1-4(2-6(11)13)18-9-10(16,17)8(15)7(14)5(3-12)19-9/h4-5,7-9,12,14-17H,2-3H2,1H3,(H2,11,13)/t4?,5?,7-,8+,9-/m1/s1. The van der Waals surface area contributed by atoms with Gasteiger partial charge in [0.15, 0.2) is 0 Å². The van der Waals surface area contributed by atoms with Crippen LogP contribution in [0.4, 0.5) is 0 Å². The molecule has 7 N–H and O–H groups in total. The van der Waals surface area contributed by atoms with Gasteiger partial charge in [0.25, 0.3) is 0 Å². The second kappa shape index (κ2) is 6.09. The van der Waals surface area contributed by atoms with Crippen LogP contribution < -0.4 is 5.73 Å². The van der Waals surface area contributed by atoms with Crippen LogP contribution in [-0.4, -0.2) is 74.5 Å². The third kappa shape index (κ3) is 3.60. The van der Waals surface area contributed by atoms with Gasteiger partial charge in [-0.05, 0) is 6.92 Å².